The highest BCUT2D eigenvalue weighted by atomic mass is 127. The number of hydrogen-bond donors (Lipinski definition) is 2. The fourth-order valence-electron chi connectivity index (χ4n) is 2.92. The summed E-state index contributed by atoms with van der Waals surface area (Å²) in [5, 5.41) is 7.38. The Morgan fingerprint density at radius 2 is 2.20 bits per heavy atom. The minimum Gasteiger partial charge on any atom is -0.355 e. The smallest absolute Gasteiger partial charge is 0.213 e. The van der Waals surface area contributed by atoms with Gasteiger partial charge < -0.3 is 10.2 Å². The van der Waals surface area contributed by atoms with Crippen LogP contribution in [0.1, 0.15) is 31.7 Å². The van der Waals surface area contributed by atoms with Crippen molar-refractivity contribution in [3.05, 3.63) is 18.0 Å². The number of sulfonamides is 1. The number of aryl methyl sites for hydroxylation is 1. The van der Waals surface area contributed by atoms with E-state index in [-0.39, 0.29) is 35.8 Å². The first-order valence-corrected chi connectivity index (χ1v) is 9.90. The van der Waals surface area contributed by atoms with Crippen LogP contribution in [0.15, 0.2) is 17.4 Å². The third-order valence-electron chi connectivity index (χ3n) is 3.97. The highest BCUT2D eigenvalue weighted by molar-refractivity contribution is 14.0. The summed E-state index contributed by atoms with van der Waals surface area (Å²) in [6.45, 7) is 5.72. The first-order chi connectivity index (χ1) is 11.3. The van der Waals surface area contributed by atoms with Gasteiger partial charge in [0.2, 0.25) is 10.0 Å². The molecule has 1 aliphatic rings. The van der Waals surface area contributed by atoms with Crippen molar-refractivity contribution in [3.63, 3.8) is 0 Å². The van der Waals surface area contributed by atoms with Crippen molar-refractivity contribution < 1.29 is 8.42 Å². The standard InChI is InChI=1S/C15H28N6O2S.HI/c1-12(2)19-24(22,23)8-6-17-15(16-3)21-7-5-13(11-21)14-9-18-20(4)10-14;/h9-10,12-13,19H,5-8,11H2,1-4H3,(H,16,17);1H. The number of aliphatic imine (C=N–C) groups is 1. The quantitative estimate of drug-likeness (QED) is 0.353. The molecule has 2 rings (SSSR count). The molecule has 144 valence electrons. The molecule has 0 amide bonds. The zero-order valence-corrected chi connectivity index (χ0v) is 18.4. The minimum atomic E-state index is -3.26. The van der Waals surface area contributed by atoms with E-state index in [0.29, 0.717) is 12.5 Å². The lowest BCUT2D eigenvalue weighted by molar-refractivity contribution is 0.487. The first kappa shape index (κ1) is 22.2. The second kappa shape index (κ2) is 9.72. The molecule has 2 N–H and O–H groups in total. The Hall–Kier alpha value is -0.880. The lowest BCUT2D eigenvalue weighted by atomic mass is 10.0. The summed E-state index contributed by atoms with van der Waals surface area (Å²) in [4.78, 5) is 6.45. The van der Waals surface area contributed by atoms with E-state index in [0.717, 1.165) is 25.5 Å². The van der Waals surface area contributed by atoms with Gasteiger partial charge in [-0.1, -0.05) is 0 Å². The van der Waals surface area contributed by atoms with Gasteiger partial charge in [-0.25, -0.2) is 13.1 Å². The van der Waals surface area contributed by atoms with E-state index in [9.17, 15) is 8.42 Å². The molecule has 1 aliphatic heterocycles. The lowest BCUT2D eigenvalue weighted by Gasteiger charge is -2.21. The van der Waals surface area contributed by atoms with Crippen molar-refractivity contribution in [3.8, 4) is 0 Å². The zero-order chi connectivity index (χ0) is 17.7. The van der Waals surface area contributed by atoms with Gasteiger partial charge in [-0.05, 0) is 25.8 Å². The first-order valence-electron chi connectivity index (χ1n) is 8.25. The van der Waals surface area contributed by atoms with Crippen LogP contribution in [0.3, 0.4) is 0 Å². The number of nitrogens with one attached hydrogen (secondary N) is 2. The van der Waals surface area contributed by atoms with Gasteiger partial charge in [-0.2, -0.15) is 5.10 Å². The summed E-state index contributed by atoms with van der Waals surface area (Å²) < 4.78 is 28.1. The van der Waals surface area contributed by atoms with Gasteiger partial charge in [0.25, 0.3) is 0 Å². The van der Waals surface area contributed by atoms with Crippen LogP contribution >= 0.6 is 24.0 Å². The zero-order valence-electron chi connectivity index (χ0n) is 15.3. The van der Waals surface area contributed by atoms with Crippen molar-refractivity contribution in [2.45, 2.75) is 32.2 Å². The molecule has 10 heteroatoms. The summed E-state index contributed by atoms with van der Waals surface area (Å²) in [6.07, 6.45) is 5.00. The summed E-state index contributed by atoms with van der Waals surface area (Å²) in [5.74, 6) is 1.22. The Kier molecular flexibility index (Phi) is 8.61. The number of hydrogen-bond acceptors (Lipinski definition) is 4. The number of halogens is 1. The Balaban J connectivity index is 0.00000312. The van der Waals surface area contributed by atoms with Gasteiger partial charge in [0, 0.05) is 51.9 Å². The molecule has 0 aliphatic carbocycles. The van der Waals surface area contributed by atoms with E-state index in [1.165, 1.54) is 5.56 Å². The third-order valence-corrected chi connectivity index (χ3v) is 5.54. The molecule has 25 heavy (non-hydrogen) atoms. The molecule has 0 spiro atoms. The van der Waals surface area contributed by atoms with Gasteiger partial charge in [0.05, 0.1) is 11.9 Å². The number of aromatic nitrogens is 2. The maximum atomic E-state index is 11.9. The highest BCUT2D eigenvalue weighted by Gasteiger charge is 2.27. The molecular formula is C15H29IN6O2S. The fraction of sp³-hybridized carbons (Fsp3) is 0.733. The summed E-state index contributed by atoms with van der Waals surface area (Å²) in [7, 11) is 0.386. The van der Waals surface area contributed by atoms with Gasteiger partial charge in [0.1, 0.15) is 0 Å². The topological polar surface area (TPSA) is 91.6 Å². The third kappa shape index (κ3) is 6.74. The SMILES string of the molecule is CN=C(NCCS(=O)(=O)NC(C)C)N1CCC(c2cnn(C)c2)C1.I. The van der Waals surface area contributed by atoms with Gasteiger partial charge in [0.15, 0.2) is 5.96 Å². The summed E-state index contributed by atoms with van der Waals surface area (Å²) >= 11 is 0. The van der Waals surface area contributed by atoms with Gasteiger partial charge in [-0.15, -0.1) is 24.0 Å². The van der Waals surface area contributed by atoms with Gasteiger partial charge in [-0.3, -0.25) is 9.67 Å². The average Bonchev–Trinajstić information content (AvgIpc) is 3.11. The Labute approximate surface area is 167 Å². The molecular weight excluding hydrogens is 455 g/mol. The van der Waals surface area contributed by atoms with Crippen LogP contribution in [-0.2, 0) is 17.1 Å². The monoisotopic (exact) mass is 484 g/mol. The number of guanidine groups is 1. The molecule has 0 saturated carbocycles. The van der Waals surface area contributed by atoms with Crippen molar-refractivity contribution in [1.82, 2.24) is 24.7 Å². The predicted molar refractivity (Wildman–Crippen MR) is 111 cm³/mol. The van der Waals surface area contributed by atoms with Gasteiger partial charge >= 0.3 is 0 Å². The minimum absolute atomic E-state index is 0. The molecule has 1 aromatic heterocycles. The van der Waals surface area contributed by atoms with Crippen LogP contribution in [-0.4, -0.2) is 67.5 Å². The van der Waals surface area contributed by atoms with Crippen molar-refractivity contribution in [2.24, 2.45) is 12.0 Å². The van der Waals surface area contributed by atoms with Crippen LogP contribution in [0.5, 0.6) is 0 Å². The van der Waals surface area contributed by atoms with E-state index < -0.39 is 10.0 Å². The van der Waals surface area contributed by atoms with Crippen LogP contribution in [0, 0.1) is 0 Å². The van der Waals surface area contributed by atoms with Crippen molar-refractivity contribution >= 4 is 40.0 Å². The van der Waals surface area contributed by atoms with Crippen LogP contribution in [0.4, 0.5) is 0 Å². The number of rotatable bonds is 6. The molecule has 0 radical (unpaired) electrons. The molecule has 8 nitrogen and oxygen atoms in total. The van der Waals surface area contributed by atoms with Crippen LogP contribution in [0.25, 0.3) is 0 Å². The Bertz CT molecular complexity index is 673. The van der Waals surface area contributed by atoms with Crippen LogP contribution in [0.2, 0.25) is 0 Å². The maximum absolute atomic E-state index is 11.9. The largest absolute Gasteiger partial charge is 0.355 e. The second-order valence-electron chi connectivity index (χ2n) is 6.44. The summed E-state index contributed by atoms with van der Waals surface area (Å²) in [5.41, 5.74) is 1.24. The van der Waals surface area contributed by atoms with E-state index in [2.05, 4.69) is 31.2 Å². The molecule has 2 heterocycles. The van der Waals surface area contributed by atoms with E-state index >= 15 is 0 Å². The Morgan fingerprint density at radius 3 is 2.76 bits per heavy atom. The molecule has 0 aromatic carbocycles. The maximum Gasteiger partial charge on any atom is 0.213 e. The lowest BCUT2D eigenvalue weighted by Crippen LogP contribution is -2.43. The van der Waals surface area contributed by atoms with E-state index in [1.54, 1.807) is 7.05 Å². The van der Waals surface area contributed by atoms with Crippen molar-refractivity contribution in [1.29, 1.82) is 0 Å². The highest BCUT2D eigenvalue weighted by Crippen LogP contribution is 2.26. The molecule has 1 atom stereocenters. The second-order valence-corrected chi connectivity index (χ2v) is 8.32. The molecule has 1 aromatic rings. The Morgan fingerprint density at radius 1 is 1.48 bits per heavy atom. The fourth-order valence-corrected chi connectivity index (χ4v) is 4.13. The molecule has 1 unspecified atom stereocenters. The number of likely N-dealkylation sites (tertiary alicyclic amines) is 1. The van der Waals surface area contributed by atoms with E-state index in [4.69, 9.17) is 0 Å². The molecule has 1 fully saturated rings. The van der Waals surface area contributed by atoms with E-state index in [1.807, 2.05) is 31.8 Å². The predicted octanol–water partition coefficient (Wildman–Crippen LogP) is 0.731. The van der Waals surface area contributed by atoms with Crippen LogP contribution < -0.4 is 10.0 Å². The molecule has 0 bridgehead atoms. The average molecular weight is 484 g/mol. The van der Waals surface area contributed by atoms with Crippen molar-refractivity contribution in [2.75, 3.05) is 32.4 Å². The summed E-state index contributed by atoms with van der Waals surface area (Å²) in [6, 6.07) is -0.0897. The normalized spacial score (nSPS) is 18.5. The number of nitrogens with zero attached hydrogens (tertiary/aromatic N) is 4. The molecule has 1 saturated heterocycles.